The van der Waals surface area contributed by atoms with Crippen LogP contribution in [0.5, 0.6) is 11.5 Å². The Kier molecular flexibility index (Phi) is 7.24. The smallest absolute Gasteiger partial charge is 0.216 e. The van der Waals surface area contributed by atoms with Crippen LogP contribution in [-0.4, -0.2) is 15.5 Å². The highest BCUT2D eigenvalue weighted by Crippen LogP contribution is 2.35. The first-order valence-electron chi connectivity index (χ1n) is 9.02. The molecule has 3 rings (SSSR count). The van der Waals surface area contributed by atoms with E-state index >= 15 is 0 Å². The molecule has 0 radical (unpaired) electrons. The van der Waals surface area contributed by atoms with E-state index in [-0.39, 0.29) is 11.5 Å². The fourth-order valence-corrected chi connectivity index (χ4v) is 4.28. The number of nitrogens with zero attached hydrogens (tertiary/aromatic N) is 1. The second kappa shape index (κ2) is 9.88. The molecule has 0 bridgehead atoms. The zero-order chi connectivity index (χ0) is 22.4. The van der Waals surface area contributed by atoms with Gasteiger partial charge in [0.25, 0.3) is 0 Å². The van der Waals surface area contributed by atoms with Crippen molar-refractivity contribution in [3.05, 3.63) is 92.8 Å². The van der Waals surface area contributed by atoms with Crippen molar-refractivity contribution in [3.63, 3.8) is 0 Å². The number of sulfone groups is 1. The quantitative estimate of drug-likeness (QED) is 0.398. The first-order chi connectivity index (χ1) is 14.9. The van der Waals surface area contributed by atoms with E-state index in [1.165, 1.54) is 25.3 Å². The van der Waals surface area contributed by atoms with E-state index in [2.05, 4.69) is 0 Å². The summed E-state index contributed by atoms with van der Waals surface area (Å²) >= 11 is 12.0. The molecule has 0 spiro atoms. The lowest BCUT2D eigenvalue weighted by Crippen LogP contribution is -2.04. The molecule has 0 aliphatic rings. The minimum atomic E-state index is -3.99. The van der Waals surface area contributed by atoms with Crippen molar-refractivity contribution in [1.82, 2.24) is 0 Å². The van der Waals surface area contributed by atoms with Crippen molar-refractivity contribution in [2.24, 2.45) is 0 Å². The maximum absolute atomic E-state index is 12.9. The van der Waals surface area contributed by atoms with Gasteiger partial charge in [0.1, 0.15) is 17.6 Å². The van der Waals surface area contributed by atoms with Gasteiger partial charge >= 0.3 is 0 Å². The summed E-state index contributed by atoms with van der Waals surface area (Å²) in [5.41, 5.74) is 1.14. The van der Waals surface area contributed by atoms with Crippen LogP contribution in [0.15, 0.2) is 76.5 Å². The minimum absolute atomic E-state index is 0.0315. The molecule has 0 atom stereocenters. The van der Waals surface area contributed by atoms with Gasteiger partial charge in [0, 0.05) is 5.56 Å². The number of methoxy groups -OCH3 is 1. The third-order valence-corrected chi connectivity index (χ3v) is 6.76. The van der Waals surface area contributed by atoms with Crippen LogP contribution >= 0.6 is 23.2 Å². The summed E-state index contributed by atoms with van der Waals surface area (Å²) in [4.78, 5) is -0.379. The van der Waals surface area contributed by atoms with E-state index in [9.17, 15) is 13.7 Å². The summed E-state index contributed by atoms with van der Waals surface area (Å²) in [5.74, 6) is 0.690. The largest absolute Gasteiger partial charge is 0.493 e. The highest BCUT2D eigenvalue weighted by Gasteiger charge is 2.22. The van der Waals surface area contributed by atoms with Gasteiger partial charge in [0.15, 0.2) is 11.5 Å². The normalized spacial score (nSPS) is 11.6. The van der Waals surface area contributed by atoms with Crippen LogP contribution in [0.2, 0.25) is 10.0 Å². The van der Waals surface area contributed by atoms with Gasteiger partial charge in [-0.3, -0.25) is 0 Å². The first kappa shape index (κ1) is 22.7. The Morgan fingerprint density at radius 3 is 2.42 bits per heavy atom. The van der Waals surface area contributed by atoms with Crippen LogP contribution in [0.3, 0.4) is 0 Å². The molecule has 0 heterocycles. The lowest BCUT2D eigenvalue weighted by atomic mass is 10.1. The van der Waals surface area contributed by atoms with Crippen molar-refractivity contribution in [1.29, 1.82) is 5.26 Å². The summed E-state index contributed by atoms with van der Waals surface area (Å²) < 4.78 is 37.1. The Morgan fingerprint density at radius 1 is 1.03 bits per heavy atom. The monoisotopic (exact) mass is 473 g/mol. The number of para-hydroxylation sites is 1. The molecule has 8 heteroatoms. The van der Waals surface area contributed by atoms with Gasteiger partial charge in [-0.25, -0.2) is 8.42 Å². The van der Waals surface area contributed by atoms with Gasteiger partial charge in [-0.05, 0) is 42.0 Å². The number of nitriles is 1. The molecular formula is C23H17Cl2NO4S. The van der Waals surface area contributed by atoms with Crippen LogP contribution in [0.4, 0.5) is 0 Å². The van der Waals surface area contributed by atoms with Crippen molar-refractivity contribution in [2.45, 2.75) is 11.5 Å². The average molecular weight is 474 g/mol. The maximum Gasteiger partial charge on any atom is 0.216 e. The van der Waals surface area contributed by atoms with Crippen LogP contribution in [-0.2, 0) is 16.4 Å². The molecular weight excluding hydrogens is 457 g/mol. The van der Waals surface area contributed by atoms with Crippen molar-refractivity contribution >= 4 is 39.1 Å². The second-order valence-electron chi connectivity index (χ2n) is 6.35. The van der Waals surface area contributed by atoms with E-state index in [0.29, 0.717) is 27.1 Å². The Labute approximate surface area is 191 Å². The van der Waals surface area contributed by atoms with E-state index in [4.69, 9.17) is 32.7 Å². The third kappa shape index (κ3) is 5.20. The highest BCUT2D eigenvalue weighted by molar-refractivity contribution is 7.95. The first-order valence-corrected chi connectivity index (χ1v) is 11.3. The van der Waals surface area contributed by atoms with Gasteiger partial charge in [-0.1, -0.05) is 59.6 Å². The summed E-state index contributed by atoms with van der Waals surface area (Å²) in [7, 11) is -2.52. The predicted molar refractivity (Wildman–Crippen MR) is 121 cm³/mol. The number of allylic oxidation sites excluding steroid dienone is 1. The lowest BCUT2D eigenvalue weighted by Gasteiger charge is -2.14. The van der Waals surface area contributed by atoms with Gasteiger partial charge in [-0.15, -0.1) is 0 Å². The summed E-state index contributed by atoms with van der Waals surface area (Å²) in [6, 6.07) is 19.7. The Balaban J connectivity index is 2.01. The molecule has 0 saturated carbocycles. The predicted octanol–water partition coefficient (Wildman–Crippen LogP) is 5.92. The molecule has 0 aliphatic heterocycles. The van der Waals surface area contributed by atoms with Crippen molar-refractivity contribution in [2.75, 3.05) is 7.11 Å². The molecule has 0 aliphatic carbocycles. The van der Waals surface area contributed by atoms with Crippen LogP contribution in [0.1, 0.15) is 11.1 Å². The zero-order valence-electron chi connectivity index (χ0n) is 16.4. The molecule has 3 aromatic rings. The molecule has 31 heavy (non-hydrogen) atoms. The van der Waals surface area contributed by atoms with Crippen molar-refractivity contribution < 1.29 is 17.9 Å². The van der Waals surface area contributed by atoms with Gasteiger partial charge in [0.2, 0.25) is 9.84 Å². The zero-order valence-corrected chi connectivity index (χ0v) is 18.7. The molecule has 0 unspecified atom stereocenters. The fraction of sp³-hybridized carbons (Fsp3) is 0.0870. The Morgan fingerprint density at radius 2 is 1.77 bits per heavy atom. The Bertz CT molecular complexity index is 1270. The van der Waals surface area contributed by atoms with E-state index < -0.39 is 14.7 Å². The standard InChI is InChI=1S/C23H17Cl2NO4S/c1-29-22-9-5-6-17(23(22)30-15-16-10-11-20(24)21(25)12-16)13-19(14-26)31(27,28)18-7-3-2-4-8-18/h2-13H,15H2,1H3. The molecule has 158 valence electrons. The minimum Gasteiger partial charge on any atom is -0.493 e. The summed E-state index contributed by atoms with van der Waals surface area (Å²) in [6.07, 6.45) is 1.27. The molecule has 0 aromatic heterocycles. The molecule has 5 nitrogen and oxygen atoms in total. The molecule has 0 fully saturated rings. The number of halogens is 2. The summed E-state index contributed by atoms with van der Waals surface area (Å²) in [5, 5.41) is 10.4. The van der Waals surface area contributed by atoms with E-state index in [0.717, 1.165) is 5.56 Å². The lowest BCUT2D eigenvalue weighted by molar-refractivity contribution is 0.284. The van der Waals surface area contributed by atoms with Crippen LogP contribution < -0.4 is 9.47 Å². The molecule has 0 saturated heterocycles. The van der Waals surface area contributed by atoms with E-state index in [1.54, 1.807) is 60.7 Å². The number of rotatable bonds is 7. The highest BCUT2D eigenvalue weighted by atomic mass is 35.5. The maximum atomic E-state index is 12.9. The SMILES string of the molecule is COc1cccc(C=C(C#N)S(=O)(=O)c2ccccc2)c1OCc1ccc(Cl)c(Cl)c1. The van der Waals surface area contributed by atoms with Crippen LogP contribution in [0, 0.1) is 11.3 Å². The van der Waals surface area contributed by atoms with Gasteiger partial charge in [-0.2, -0.15) is 5.26 Å². The summed E-state index contributed by atoms with van der Waals surface area (Å²) in [6.45, 7) is 0.130. The number of hydrogen-bond acceptors (Lipinski definition) is 5. The molecule has 3 aromatic carbocycles. The van der Waals surface area contributed by atoms with Crippen molar-refractivity contribution in [3.8, 4) is 17.6 Å². The average Bonchev–Trinajstić information content (AvgIpc) is 2.78. The topological polar surface area (TPSA) is 76.4 Å². The second-order valence-corrected chi connectivity index (χ2v) is 9.09. The Hall–Kier alpha value is -2.98. The van der Waals surface area contributed by atoms with Gasteiger partial charge < -0.3 is 9.47 Å². The van der Waals surface area contributed by atoms with Crippen LogP contribution in [0.25, 0.3) is 6.08 Å². The molecule has 0 N–H and O–H groups in total. The third-order valence-electron chi connectivity index (χ3n) is 4.34. The number of hydrogen-bond donors (Lipinski definition) is 0. The number of ether oxygens (including phenoxy) is 2. The molecule has 0 amide bonds. The number of benzene rings is 3. The fourth-order valence-electron chi connectivity index (χ4n) is 2.78. The van der Waals surface area contributed by atoms with E-state index in [1.807, 2.05) is 0 Å². The van der Waals surface area contributed by atoms with Gasteiger partial charge in [0.05, 0.1) is 22.1 Å².